The van der Waals surface area contributed by atoms with Gasteiger partial charge in [0.15, 0.2) is 20.2 Å². The molecule has 0 bridgehead atoms. The molecule has 2 rings (SSSR count). The lowest BCUT2D eigenvalue weighted by molar-refractivity contribution is -0.150. The summed E-state index contributed by atoms with van der Waals surface area (Å²) in [5.41, 5.74) is -2.33. The van der Waals surface area contributed by atoms with E-state index in [1.165, 1.54) is 10.8 Å². The third kappa shape index (κ3) is 3.75. The van der Waals surface area contributed by atoms with Gasteiger partial charge in [-0.15, -0.1) is 0 Å². The molecule has 1 aliphatic heterocycles. The summed E-state index contributed by atoms with van der Waals surface area (Å²) in [6.45, 7) is 11.8. The molecule has 1 saturated heterocycles. The third-order valence-electron chi connectivity index (χ3n) is 5.46. The smallest absolute Gasteiger partial charge is 0.330 e. The van der Waals surface area contributed by atoms with Crippen LogP contribution < -0.4 is 11.2 Å². The molecule has 0 saturated carbocycles. The molecule has 0 radical (unpaired) electrons. The molecule has 3 atom stereocenters. The van der Waals surface area contributed by atoms with Crippen LogP contribution in [0.25, 0.3) is 0 Å². The number of aliphatic hydroxyl groups is 1. The maximum atomic E-state index is 12.1. The van der Waals surface area contributed by atoms with Crippen LogP contribution >= 0.6 is 0 Å². The lowest BCUT2D eigenvalue weighted by atomic mass is 10.00. The predicted octanol–water partition coefficient (Wildman–Crippen LogP) is 1.08. The Bertz CT molecular complexity index is 794. The van der Waals surface area contributed by atoms with E-state index in [2.05, 4.69) is 25.8 Å². The zero-order valence-electron chi connectivity index (χ0n) is 16.2. The van der Waals surface area contributed by atoms with E-state index in [-0.39, 0.29) is 18.1 Å². The minimum Gasteiger partial charge on any atom is -0.413 e. The Morgan fingerprint density at radius 3 is 2.62 bits per heavy atom. The number of aromatic amines is 1. The average molecular weight is 385 g/mol. The summed E-state index contributed by atoms with van der Waals surface area (Å²) in [6, 6.07) is 0. The summed E-state index contributed by atoms with van der Waals surface area (Å²) in [5.74, 6) is 0. The van der Waals surface area contributed by atoms with Crippen molar-refractivity contribution in [2.45, 2.75) is 70.2 Å². The van der Waals surface area contributed by atoms with Crippen LogP contribution in [-0.2, 0) is 14.0 Å². The van der Waals surface area contributed by atoms with Crippen LogP contribution in [0.15, 0.2) is 15.8 Å². The van der Waals surface area contributed by atoms with E-state index in [1.54, 1.807) is 6.92 Å². The molecule has 9 heteroatoms. The van der Waals surface area contributed by atoms with Crippen molar-refractivity contribution >= 4 is 14.6 Å². The lowest BCUT2D eigenvalue weighted by Crippen LogP contribution is -2.51. The van der Waals surface area contributed by atoms with Crippen LogP contribution in [0, 0.1) is 6.92 Å². The topological polar surface area (TPSA) is 111 Å². The zero-order chi connectivity index (χ0) is 19.9. The monoisotopic (exact) mass is 384 g/mol. The number of aliphatic hydroxyl groups excluding tert-OH is 1. The number of nitrogens with zero attached hydrogens (tertiary/aromatic N) is 1. The van der Waals surface area contributed by atoms with Gasteiger partial charge in [-0.1, -0.05) is 20.8 Å². The van der Waals surface area contributed by atoms with Crippen molar-refractivity contribution in [3.8, 4) is 0 Å². The molecule has 0 aliphatic carbocycles. The molecule has 2 N–H and O–H groups in total. The number of carbonyl (C=O) groups excluding carboxylic acids is 1. The largest absolute Gasteiger partial charge is 0.413 e. The second-order valence-corrected chi connectivity index (χ2v) is 13.2. The van der Waals surface area contributed by atoms with Crippen LogP contribution in [-0.4, -0.2) is 47.6 Å². The first-order valence-electron chi connectivity index (χ1n) is 8.61. The van der Waals surface area contributed by atoms with E-state index in [0.29, 0.717) is 11.8 Å². The Morgan fingerprint density at radius 1 is 1.46 bits per heavy atom. The molecule has 1 fully saturated rings. The highest BCUT2D eigenvalue weighted by molar-refractivity contribution is 6.74. The lowest BCUT2D eigenvalue weighted by Gasteiger charge is -2.39. The summed E-state index contributed by atoms with van der Waals surface area (Å²) in [6.07, 6.45) is -0.0109. The minimum absolute atomic E-state index is 0.0466. The van der Waals surface area contributed by atoms with E-state index in [9.17, 15) is 19.5 Å². The van der Waals surface area contributed by atoms with Gasteiger partial charge in [-0.25, -0.2) is 4.79 Å². The summed E-state index contributed by atoms with van der Waals surface area (Å²) >= 11 is 0. The molecule has 0 aromatic carbocycles. The molecule has 2 heterocycles. The van der Waals surface area contributed by atoms with Gasteiger partial charge in [0.05, 0.1) is 12.7 Å². The molecule has 26 heavy (non-hydrogen) atoms. The Labute approximate surface area is 153 Å². The Hall–Kier alpha value is -1.55. The number of hydrogen-bond donors (Lipinski definition) is 2. The van der Waals surface area contributed by atoms with E-state index in [0.717, 1.165) is 0 Å². The highest BCUT2D eigenvalue weighted by atomic mass is 28.4. The van der Waals surface area contributed by atoms with Gasteiger partial charge in [0.1, 0.15) is 6.23 Å². The molecule has 0 amide bonds. The van der Waals surface area contributed by atoms with Crippen LogP contribution in [0.3, 0.4) is 0 Å². The van der Waals surface area contributed by atoms with Crippen molar-refractivity contribution in [1.29, 1.82) is 0 Å². The van der Waals surface area contributed by atoms with Crippen LogP contribution in [0.2, 0.25) is 18.1 Å². The van der Waals surface area contributed by atoms with E-state index in [1.807, 2.05) is 13.1 Å². The normalized spacial score (nSPS) is 26.9. The number of hydrogen-bond acceptors (Lipinski definition) is 6. The van der Waals surface area contributed by atoms with E-state index < -0.39 is 37.5 Å². The van der Waals surface area contributed by atoms with Gasteiger partial charge in [-0.05, 0) is 25.1 Å². The maximum absolute atomic E-state index is 12.1. The second-order valence-electron chi connectivity index (χ2n) is 8.42. The fourth-order valence-corrected chi connectivity index (χ4v) is 3.54. The standard InChI is InChI=1S/C17H28N2O6Si/c1-11-8-19(15(23)18-14(11)22)13-7-12(21)17(9-20,25-13)10-24-26(5,6)16(2,3)4/h8-9,12-13,21H,7,10H2,1-6H3,(H,18,22,23)/t12-,13+,17+/m0/s1. The summed E-state index contributed by atoms with van der Waals surface area (Å²) in [7, 11) is -2.16. The number of carbonyl (C=O) groups is 1. The zero-order valence-corrected chi connectivity index (χ0v) is 17.2. The summed E-state index contributed by atoms with van der Waals surface area (Å²) in [5, 5.41) is 10.4. The number of H-pyrrole nitrogens is 1. The molecule has 1 aromatic heterocycles. The fraction of sp³-hybridized carbons (Fsp3) is 0.706. The number of nitrogens with one attached hydrogen (secondary N) is 1. The van der Waals surface area contributed by atoms with Gasteiger partial charge < -0.3 is 14.3 Å². The molecule has 8 nitrogen and oxygen atoms in total. The van der Waals surface area contributed by atoms with Crippen LogP contribution in [0.1, 0.15) is 39.0 Å². The summed E-state index contributed by atoms with van der Waals surface area (Å²) < 4.78 is 13.1. The van der Waals surface area contributed by atoms with E-state index >= 15 is 0 Å². The van der Waals surface area contributed by atoms with Gasteiger partial charge >= 0.3 is 5.69 Å². The molecule has 1 aliphatic rings. The number of aromatic nitrogens is 2. The summed E-state index contributed by atoms with van der Waals surface area (Å²) in [4.78, 5) is 37.6. The number of aldehydes is 1. The predicted molar refractivity (Wildman–Crippen MR) is 98.7 cm³/mol. The fourth-order valence-electron chi connectivity index (χ4n) is 2.52. The Balaban J connectivity index is 2.27. The van der Waals surface area contributed by atoms with Gasteiger partial charge in [0, 0.05) is 18.2 Å². The SMILES string of the molecule is Cc1cn([C@H]2C[C@H](O)[C@@](C=O)(CO[Si](C)(C)C(C)(C)C)O2)c(=O)[nH]c1=O. The van der Waals surface area contributed by atoms with Gasteiger partial charge in [-0.2, -0.15) is 0 Å². The van der Waals surface area contributed by atoms with Crippen molar-refractivity contribution in [1.82, 2.24) is 9.55 Å². The first kappa shape index (κ1) is 20.8. The van der Waals surface area contributed by atoms with Crippen molar-refractivity contribution in [2.24, 2.45) is 0 Å². The van der Waals surface area contributed by atoms with Gasteiger partial charge in [0.2, 0.25) is 0 Å². The Morgan fingerprint density at radius 2 is 2.08 bits per heavy atom. The van der Waals surface area contributed by atoms with Gasteiger partial charge in [0.25, 0.3) is 5.56 Å². The first-order chi connectivity index (χ1) is 11.8. The number of aryl methyl sites for hydroxylation is 1. The second kappa shape index (κ2) is 6.88. The molecule has 146 valence electrons. The Kier molecular flexibility index (Phi) is 5.49. The van der Waals surface area contributed by atoms with Crippen molar-refractivity contribution in [3.63, 3.8) is 0 Å². The highest BCUT2D eigenvalue weighted by Crippen LogP contribution is 2.40. The quantitative estimate of drug-likeness (QED) is 0.581. The highest BCUT2D eigenvalue weighted by Gasteiger charge is 2.51. The maximum Gasteiger partial charge on any atom is 0.330 e. The van der Waals surface area contributed by atoms with Crippen LogP contribution in [0.5, 0.6) is 0 Å². The van der Waals surface area contributed by atoms with Crippen molar-refractivity contribution in [3.05, 3.63) is 32.6 Å². The number of ether oxygens (including phenoxy) is 1. The van der Waals surface area contributed by atoms with E-state index in [4.69, 9.17) is 9.16 Å². The molecular formula is C17H28N2O6Si. The van der Waals surface area contributed by atoms with Crippen molar-refractivity contribution in [2.75, 3.05) is 6.61 Å². The number of rotatable bonds is 5. The van der Waals surface area contributed by atoms with Crippen molar-refractivity contribution < 1.29 is 19.1 Å². The van der Waals surface area contributed by atoms with Crippen LogP contribution in [0.4, 0.5) is 0 Å². The van der Waals surface area contributed by atoms with Gasteiger partial charge in [-0.3, -0.25) is 19.1 Å². The molecule has 0 spiro atoms. The molecule has 1 aromatic rings. The minimum atomic E-state index is -2.16. The first-order valence-corrected chi connectivity index (χ1v) is 11.5. The third-order valence-corrected chi connectivity index (χ3v) is 9.94. The average Bonchev–Trinajstić information content (AvgIpc) is 2.85. The molecular weight excluding hydrogens is 356 g/mol. The molecule has 0 unspecified atom stereocenters.